The number of rotatable bonds is 2. The molecule has 0 atom stereocenters. The van der Waals surface area contributed by atoms with Crippen molar-refractivity contribution < 1.29 is 0 Å². The smallest absolute Gasteiger partial charge is 0.254 e. The van der Waals surface area contributed by atoms with Crippen LogP contribution in [-0.2, 0) is 0 Å². The number of nitrogens with zero attached hydrogens (tertiary/aromatic N) is 6. The molecular formula is C13H19N7. The van der Waals surface area contributed by atoms with E-state index in [0.717, 1.165) is 56.8 Å². The van der Waals surface area contributed by atoms with Crippen LogP contribution in [0.5, 0.6) is 0 Å². The van der Waals surface area contributed by atoms with Crippen LogP contribution in [-0.4, -0.2) is 69.8 Å². The Morgan fingerprint density at radius 2 is 2.00 bits per heavy atom. The van der Waals surface area contributed by atoms with Gasteiger partial charge < -0.3 is 10.2 Å². The molecule has 106 valence electrons. The molecule has 4 heterocycles. The highest BCUT2D eigenvalue weighted by atomic mass is 15.4. The van der Waals surface area contributed by atoms with Crippen LogP contribution in [0.3, 0.4) is 0 Å². The molecule has 0 spiro atoms. The molecule has 0 bridgehead atoms. The molecule has 7 heteroatoms. The van der Waals surface area contributed by atoms with E-state index in [1.807, 2.05) is 11.4 Å². The quantitative estimate of drug-likeness (QED) is 0.798. The molecule has 20 heavy (non-hydrogen) atoms. The SMILES string of the molecule is Cc1cc(N2CCN(C3CNC3)CC2)n2ncnc2n1. The lowest BCUT2D eigenvalue weighted by Crippen LogP contribution is -2.61. The van der Waals surface area contributed by atoms with Crippen LogP contribution in [0.1, 0.15) is 5.69 Å². The van der Waals surface area contributed by atoms with E-state index in [1.165, 1.54) is 0 Å². The van der Waals surface area contributed by atoms with Gasteiger partial charge in [0.2, 0.25) is 0 Å². The summed E-state index contributed by atoms with van der Waals surface area (Å²) in [4.78, 5) is 13.6. The minimum absolute atomic E-state index is 0.686. The van der Waals surface area contributed by atoms with E-state index in [1.54, 1.807) is 6.33 Å². The van der Waals surface area contributed by atoms with Crippen molar-refractivity contribution >= 4 is 11.6 Å². The van der Waals surface area contributed by atoms with Gasteiger partial charge in [-0.05, 0) is 6.92 Å². The average Bonchev–Trinajstić information content (AvgIpc) is 2.84. The number of hydrogen-bond acceptors (Lipinski definition) is 6. The second kappa shape index (κ2) is 4.68. The lowest BCUT2D eigenvalue weighted by molar-refractivity contribution is 0.137. The maximum absolute atomic E-state index is 4.40. The third-order valence-electron chi connectivity index (χ3n) is 4.28. The fourth-order valence-corrected chi connectivity index (χ4v) is 2.98. The van der Waals surface area contributed by atoms with Crippen molar-refractivity contribution in [1.29, 1.82) is 0 Å². The Bertz CT molecular complexity index is 610. The fourth-order valence-electron chi connectivity index (χ4n) is 2.98. The van der Waals surface area contributed by atoms with Crippen molar-refractivity contribution in [3.8, 4) is 0 Å². The fraction of sp³-hybridized carbons (Fsp3) is 0.615. The summed E-state index contributed by atoms with van der Waals surface area (Å²) >= 11 is 0. The molecule has 1 N–H and O–H groups in total. The highest BCUT2D eigenvalue weighted by Gasteiger charge is 2.28. The molecule has 7 nitrogen and oxygen atoms in total. The molecule has 2 aliphatic rings. The molecule has 4 rings (SSSR count). The summed E-state index contributed by atoms with van der Waals surface area (Å²) in [6.45, 7) is 8.59. The van der Waals surface area contributed by atoms with Crippen LogP contribution >= 0.6 is 0 Å². The summed E-state index contributed by atoms with van der Waals surface area (Å²) in [6.07, 6.45) is 1.57. The van der Waals surface area contributed by atoms with Crippen LogP contribution in [0, 0.1) is 6.92 Å². The van der Waals surface area contributed by atoms with E-state index >= 15 is 0 Å². The third kappa shape index (κ3) is 1.94. The van der Waals surface area contributed by atoms with Gasteiger partial charge in [0, 0.05) is 57.1 Å². The summed E-state index contributed by atoms with van der Waals surface area (Å²) in [5.41, 5.74) is 0.992. The molecule has 2 aliphatic heterocycles. The Labute approximate surface area is 117 Å². The van der Waals surface area contributed by atoms with E-state index in [4.69, 9.17) is 0 Å². The first-order valence-corrected chi connectivity index (χ1v) is 7.18. The van der Waals surface area contributed by atoms with Crippen LogP contribution < -0.4 is 10.2 Å². The minimum Gasteiger partial charge on any atom is -0.354 e. The van der Waals surface area contributed by atoms with E-state index < -0.39 is 0 Å². The number of piperazine rings is 1. The zero-order chi connectivity index (χ0) is 13.5. The van der Waals surface area contributed by atoms with E-state index in [9.17, 15) is 0 Å². The molecule has 0 aliphatic carbocycles. The van der Waals surface area contributed by atoms with Gasteiger partial charge in [0.1, 0.15) is 12.1 Å². The van der Waals surface area contributed by atoms with Gasteiger partial charge >= 0.3 is 0 Å². The number of anilines is 1. The zero-order valence-electron chi connectivity index (χ0n) is 11.7. The van der Waals surface area contributed by atoms with Crippen molar-refractivity contribution in [2.24, 2.45) is 0 Å². The van der Waals surface area contributed by atoms with Crippen LogP contribution in [0.2, 0.25) is 0 Å². The first kappa shape index (κ1) is 12.0. The maximum atomic E-state index is 4.40. The number of hydrogen-bond donors (Lipinski definition) is 1. The summed E-state index contributed by atoms with van der Waals surface area (Å²) in [6, 6.07) is 2.84. The molecule has 2 aromatic heterocycles. The molecule has 2 saturated heterocycles. The van der Waals surface area contributed by atoms with Gasteiger partial charge in [-0.3, -0.25) is 4.90 Å². The van der Waals surface area contributed by atoms with Crippen molar-refractivity contribution in [2.75, 3.05) is 44.2 Å². The maximum Gasteiger partial charge on any atom is 0.254 e. The minimum atomic E-state index is 0.686. The second-order valence-corrected chi connectivity index (χ2v) is 5.56. The Balaban J connectivity index is 1.56. The van der Waals surface area contributed by atoms with Gasteiger partial charge in [0.25, 0.3) is 5.78 Å². The highest BCUT2D eigenvalue weighted by Crippen LogP contribution is 2.19. The van der Waals surface area contributed by atoms with Crippen LogP contribution in [0.25, 0.3) is 5.78 Å². The van der Waals surface area contributed by atoms with E-state index in [0.29, 0.717) is 5.78 Å². The Hall–Kier alpha value is -1.73. The van der Waals surface area contributed by atoms with E-state index in [2.05, 4.69) is 36.2 Å². The van der Waals surface area contributed by atoms with Gasteiger partial charge in [-0.25, -0.2) is 4.98 Å². The number of aromatic nitrogens is 4. The monoisotopic (exact) mass is 273 g/mol. The Morgan fingerprint density at radius 1 is 1.20 bits per heavy atom. The molecule has 0 saturated carbocycles. The first-order valence-electron chi connectivity index (χ1n) is 7.18. The van der Waals surface area contributed by atoms with Crippen LogP contribution in [0.4, 0.5) is 5.82 Å². The Kier molecular flexibility index (Phi) is 2.82. The predicted octanol–water partition coefficient (Wildman–Crippen LogP) is -0.473. The lowest BCUT2D eigenvalue weighted by atomic mass is 10.1. The van der Waals surface area contributed by atoms with Crippen molar-refractivity contribution in [3.63, 3.8) is 0 Å². The number of fused-ring (bicyclic) bond motifs is 1. The van der Waals surface area contributed by atoms with Gasteiger partial charge in [-0.1, -0.05) is 0 Å². The van der Waals surface area contributed by atoms with Crippen molar-refractivity contribution in [2.45, 2.75) is 13.0 Å². The molecule has 0 aromatic carbocycles. The average molecular weight is 273 g/mol. The molecule has 2 aromatic rings. The number of aryl methyl sites for hydroxylation is 1. The Morgan fingerprint density at radius 3 is 2.70 bits per heavy atom. The summed E-state index contributed by atoms with van der Waals surface area (Å²) < 4.78 is 1.84. The standard InChI is InChI=1S/C13H19N7/c1-10-6-12(20-13(17-10)15-9-16-20)19-4-2-18(3-5-19)11-7-14-8-11/h6,9,11,14H,2-5,7-8H2,1H3. The highest BCUT2D eigenvalue weighted by molar-refractivity contribution is 5.47. The zero-order valence-corrected chi connectivity index (χ0v) is 11.7. The van der Waals surface area contributed by atoms with Gasteiger partial charge in [-0.2, -0.15) is 14.6 Å². The largest absolute Gasteiger partial charge is 0.354 e. The van der Waals surface area contributed by atoms with Crippen molar-refractivity contribution in [3.05, 3.63) is 18.1 Å². The first-order chi connectivity index (χ1) is 9.81. The molecular weight excluding hydrogens is 254 g/mol. The lowest BCUT2D eigenvalue weighted by Gasteiger charge is -2.43. The van der Waals surface area contributed by atoms with Crippen molar-refractivity contribution in [1.82, 2.24) is 29.8 Å². The number of nitrogens with one attached hydrogen (secondary N) is 1. The normalized spacial score (nSPS) is 21.4. The third-order valence-corrected chi connectivity index (χ3v) is 4.28. The molecule has 0 unspecified atom stereocenters. The molecule has 2 fully saturated rings. The van der Waals surface area contributed by atoms with Gasteiger partial charge in [0.05, 0.1) is 0 Å². The van der Waals surface area contributed by atoms with Gasteiger partial charge in [-0.15, -0.1) is 0 Å². The summed E-state index contributed by atoms with van der Waals surface area (Å²) in [5, 5.41) is 7.64. The second-order valence-electron chi connectivity index (χ2n) is 5.56. The summed E-state index contributed by atoms with van der Waals surface area (Å²) in [5.74, 6) is 1.79. The van der Waals surface area contributed by atoms with Crippen LogP contribution in [0.15, 0.2) is 12.4 Å². The summed E-state index contributed by atoms with van der Waals surface area (Å²) in [7, 11) is 0. The molecule has 0 radical (unpaired) electrons. The topological polar surface area (TPSA) is 61.6 Å². The van der Waals surface area contributed by atoms with Gasteiger partial charge in [0.15, 0.2) is 0 Å². The molecule has 0 amide bonds. The van der Waals surface area contributed by atoms with E-state index in [-0.39, 0.29) is 0 Å². The predicted molar refractivity (Wildman–Crippen MR) is 76.0 cm³/mol.